The number of aliphatic carboxylic acids is 1. The van der Waals surface area contributed by atoms with E-state index in [1.54, 1.807) is 7.11 Å². The zero-order valence-electron chi connectivity index (χ0n) is 16.0. The average Bonchev–Trinajstić information content (AvgIpc) is 2.67. The summed E-state index contributed by atoms with van der Waals surface area (Å²) >= 11 is 0. The first-order chi connectivity index (χ1) is 13.5. The number of nitrogens with two attached hydrogens (primary N) is 1. The normalized spacial score (nSPS) is 17.2. The van der Waals surface area contributed by atoms with Crippen molar-refractivity contribution in [3.63, 3.8) is 0 Å². The van der Waals surface area contributed by atoms with Crippen molar-refractivity contribution in [3.8, 4) is 5.75 Å². The van der Waals surface area contributed by atoms with Gasteiger partial charge in [0, 0.05) is 12.5 Å². The second-order valence-electron chi connectivity index (χ2n) is 6.81. The molecule has 0 bridgehead atoms. The number of anilines is 3. The highest BCUT2D eigenvalue weighted by atomic mass is 16.5. The number of hydrogen-bond acceptors (Lipinski definition) is 8. The van der Waals surface area contributed by atoms with Crippen LogP contribution < -0.4 is 15.8 Å². The lowest BCUT2D eigenvalue weighted by atomic mass is 9.98. The summed E-state index contributed by atoms with van der Waals surface area (Å²) in [5, 5.41) is 12.1. The maximum absolute atomic E-state index is 10.9. The highest BCUT2D eigenvalue weighted by molar-refractivity contribution is 5.66. The quantitative estimate of drug-likeness (QED) is 0.627. The van der Waals surface area contributed by atoms with Crippen LogP contribution in [0.1, 0.15) is 37.9 Å². The number of carboxylic acids is 1. The van der Waals surface area contributed by atoms with Gasteiger partial charge in [-0.05, 0) is 37.9 Å². The number of methoxy groups -OCH3 is 1. The molecule has 2 heterocycles. The summed E-state index contributed by atoms with van der Waals surface area (Å²) in [4.78, 5) is 26.1. The molecular formula is C19H26N6O3. The fourth-order valence-electron chi connectivity index (χ4n) is 3.50. The summed E-state index contributed by atoms with van der Waals surface area (Å²) in [5.74, 6) is 0.964. The number of piperidine rings is 1. The standard InChI is InChI=1S/C19H26N6O3/c1-28-15-8-3-2-7-14(15)21-19-23-16(22-18(20)24-19)12-25-11-5-4-6-13(25)9-10-17(26)27/h2-3,7-8,13H,4-6,9-12H2,1H3,(H,26,27)(H3,20,21,22,23,24). The van der Waals surface area contributed by atoms with Gasteiger partial charge in [-0.3, -0.25) is 9.69 Å². The van der Waals surface area contributed by atoms with Crippen molar-refractivity contribution in [2.45, 2.75) is 44.7 Å². The first kappa shape index (κ1) is 19.8. The number of nitrogens with one attached hydrogen (secondary N) is 1. The summed E-state index contributed by atoms with van der Waals surface area (Å²) < 4.78 is 5.34. The molecule has 0 aliphatic carbocycles. The molecule has 1 saturated heterocycles. The predicted molar refractivity (Wildman–Crippen MR) is 105 cm³/mol. The van der Waals surface area contributed by atoms with E-state index in [-0.39, 0.29) is 18.4 Å². The zero-order chi connectivity index (χ0) is 19.9. The molecule has 0 amide bonds. The van der Waals surface area contributed by atoms with Crippen LogP contribution in [0.2, 0.25) is 0 Å². The number of aromatic nitrogens is 3. The maximum Gasteiger partial charge on any atom is 0.303 e. The van der Waals surface area contributed by atoms with Crippen molar-refractivity contribution in [1.29, 1.82) is 0 Å². The number of hydrogen-bond donors (Lipinski definition) is 3. The van der Waals surface area contributed by atoms with Crippen LogP contribution >= 0.6 is 0 Å². The molecule has 1 aliphatic rings. The fraction of sp³-hybridized carbons (Fsp3) is 0.474. The van der Waals surface area contributed by atoms with Gasteiger partial charge >= 0.3 is 5.97 Å². The highest BCUT2D eigenvalue weighted by Gasteiger charge is 2.24. The Kier molecular flexibility index (Phi) is 6.59. The molecule has 0 radical (unpaired) electrons. The molecule has 1 atom stereocenters. The Labute approximate surface area is 164 Å². The summed E-state index contributed by atoms with van der Waals surface area (Å²) in [5.41, 5.74) is 6.63. The van der Waals surface area contributed by atoms with E-state index in [1.807, 2.05) is 24.3 Å². The number of rotatable bonds is 8. The Morgan fingerprint density at radius 2 is 2.14 bits per heavy atom. The number of carboxylic acid groups (broad SMARTS) is 1. The van der Waals surface area contributed by atoms with E-state index < -0.39 is 5.97 Å². The van der Waals surface area contributed by atoms with Crippen LogP contribution in [0, 0.1) is 0 Å². The molecule has 9 nitrogen and oxygen atoms in total. The lowest BCUT2D eigenvalue weighted by Crippen LogP contribution is -2.39. The van der Waals surface area contributed by atoms with Gasteiger partial charge < -0.3 is 20.9 Å². The minimum Gasteiger partial charge on any atom is -0.495 e. The smallest absolute Gasteiger partial charge is 0.303 e. The molecule has 0 spiro atoms. The van der Waals surface area contributed by atoms with Gasteiger partial charge in [0.25, 0.3) is 0 Å². The van der Waals surface area contributed by atoms with Gasteiger partial charge in [0.15, 0.2) is 0 Å². The van der Waals surface area contributed by atoms with Crippen LogP contribution in [0.25, 0.3) is 0 Å². The van der Waals surface area contributed by atoms with Crippen molar-refractivity contribution in [1.82, 2.24) is 19.9 Å². The molecule has 4 N–H and O–H groups in total. The fourth-order valence-corrected chi connectivity index (χ4v) is 3.50. The van der Waals surface area contributed by atoms with Gasteiger partial charge in [0.1, 0.15) is 11.6 Å². The summed E-state index contributed by atoms with van der Waals surface area (Å²) in [6, 6.07) is 7.69. The summed E-state index contributed by atoms with van der Waals surface area (Å²) in [6.45, 7) is 1.41. The molecule has 1 unspecified atom stereocenters. The predicted octanol–water partition coefficient (Wildman–Crippen LogP) is 2.43. The summed E-state index contributed by atoms with van der Waals surface area (Å²) in [7, 11) is 1.60. The van der Waals surface area contributed by atoms with E-state index in [4.69, 9.17) is 15.6 Å². The van der Waals surface area contributed by atoms with E-state index in [2.05, 4.69) is 25.2 Å². The van der Waals surface area contributed by atoms with Gasteiger partial charge in [-0.25, -0.2) is 0 Å². The van der Waals surface area contributed by atoms with Crippen molar-refractivity contribution >= 4 is 23.6 Å². The van der Waals surface area contributed by atoms with Crippen LogP contribution in [-0.2, 0) is 11.3 Å². The van der Waals surface area contributed by atoms with Crippen LogP contribution in [0.4, 0.5) is 17.6 Å². The average molecular weight is 386 g/mol. The van der Waals surface area contributed by atoms with E-state index in [1.165, 1.54) is 0 Å². The van der Waals surface area contributed by atoms with Crippen molar-refractivity contribution in [2.24, 2.45) is 0 Å². The zero-order valence-corrected chi connectivity index (χ0v) is 16.0. The second-order valence-corrected chi connectivity index (χ2v) is 6.81. The minimum absolute atomic E-state index is 0.140. The monoisotopic (exact) mass is 386 g/mol. The number of ether oxygens (including phenoxy) is 1. The van der Waals surface area contributed by atoms with Gasteiger partial charge in [-0.2, -0.15) is 15.0 Å². The molecular weight excluding hydrogens is 360 g/mol. The molecule has 9 heteroatoms. The maximum atomic E-state index is 10.9. The number of nitrogens with zero attached hydrogens (tertiary/aromatic N) is 4. The molecule has 3 rings (SSSR count). The van der Waals surface area contributed by atoms with Gasteiger partial charge in [0.05, 0.1) is 19.3 Å². The van der Waals surface area contributed by atoms with Crippen molar-refractivity contribution in [3.05, 3.63) is 30.1 Å². The van der Waals surface area contributed by atoms with Gasteiger partial charge in [0.2, 0.25) is 11.9 Å². The molecule has 150 valence electrons. The number of carbonyl (C=O) groups is 1. The Bertz CT molecular complexity index is 816. The molecule has 1 aromatic heterocycles. The molecule has 1 aliphatic heterocycles. The number of nitrogen functional groups attached to an aromatic ring is 1. The minimum atomic E-state index is -0.766. The largest absolute Gasteiger partial charge is 0.495 e. The third kappa shape index (κ3) is 5.29. The van der Waals surface area contributed by atoms with Gasteiger partial charge in [-0.15, -0.1) is 0 Å². The molecule has 2 aromatic rings. The number of likely N-dealkylation sites (tertiary alicyclic amines) is 1. The third-order valence-electron chi connectivity index (χ3n) is 4.84. The lowest BCUT2D eigenvalue weighted by Gasteiger charge is -2.35. The SMILES string of the molecule is COc1ccccc1Nc1nc(N)nc(CN2CCCCC2CCC(=O)O)n1. The molecule has 0 saturated carbocycles. The Hall–Kier alpha value is -2.94. The van der Waals surface area contributed by atoms with Crippen LogP contribution in [-0.4, -0.2) is 50.6 Å². The van der Waals surface area contributed by atoms with Crippen LogP contribution in [0.15, 0.2) is 24.3 Å². The summed E-state index contributed by atoms with van der Waals surface area (Å²) in [6.07, 6.45) is 3.97. The van der Waals surface area contributed by atoms with Crippen LogP contribution in [0.3, 0.4) is 0 Å². The van der Waals surface area contributed by atoms with Crippen molar-refractivity contribution < 1.29 is 14.6 Å². The Morgan fingerprint density at radius 3 is 2.93 bits per heavy atom. The highest BCUT2D eigenvalue weighted by Crippen LogP contribution is 2.26. The topological polar surface area (TPSA) is 126 Å². The molecule has 28 heavy (non-hydrogen) atoms. The third-order valence-corrected chi connectivity index (χ3v) is 4.84. The van der Waals surface area contributed by atoms with E-state index in [9.17, 15) is 4.79 Å². The molecule has 1 fully saturated rings. The first-order valence-electron chi connectivity index (χ1n) is 9.41. The number of benzene rings is 1. The van der Waals surface area contributed by atoms with Gasteiger partial charge in [-0.1, -0.05) is 18.6 Å². The first-order valence-corrected chi connectivity index (χ1v) is 9.41. The van der Waals surface area contributed by atoms with E-state index >= 15 is 0 Å². The van der Waals surface area contributed by atoms with E-state index in [0.29, 0.717) is 30.5 Å². The Morgan fingerprint density at radius 1 is 1.32 bits per heavy atom. The van der Waals surface area contributed by atoms with E-state index in [0.717, 1.165) is 31.5 Å². The Balaban J connectivity index is 1.74. The second kappa shape index (κ2) is 9.32. The van der Waals surface area contributed by atoms with Crippen LogP contribution in [0.5, 0.6) is 5.75 Å². The number of para-hydroxylation sites is 2. The van der Waals surface area contributed by atoms with Crippen molar-refractivity contribution in [2.75, 3.05) is 24.7 Å². The molecule has 1 aromatic carbocycles. The lowest BCUT2D eigenvalue weighted by molar-refractivity contribution is -0.137.